The number of para-hydroxylation sites is 2. The molecule has 0 radical (unpaired) electrons. The molecule has 11 heteroatoms. The molecular formula is C64H58BiCl4N3O3. The minimum absolute atomic E-state index is 0.0899. The number of benzene rings is 8. The van der Waals surface area contributed by atoms with Gasteiger partial charge in [0.25, 0.3) is 0 Å². The molecule has 380 valence electrons. The van der Waals surface area contributed by atoms with Crippen LogP contribution in [-0.4, -0.2) is 24.2 Å². The summed E-state index contributed by atoms with van der Waals surface area (Å²) >= 11 is 22.4. The van der Waals surface area contributed by atoms with Gasteiger partial charge in [-0.25, -0.2) is 0 Å². The van der Waals surface area contributed by atoms with Gasteiger partial charge in [0.2, 0.25) is 0 Å². The summed E-state index contributed by atoms with van der Waals surface area (Å²) in [6.45, 7) is 27.0. The predicted molar refractivity (Wildman–Crippen MR) is 317 cm³/mol. The third kappa shape index (κ3) is 6.73. The van der Waals surface area contributed by atoms with Crippen LogP contribution in [0.15, 0.2) is 133 Å². The molecule has 0 amide bonds. The number of hydrogen-bond donors (Lipinski definition) is 0. The van der Waals surface area contributed by atoms with Crippen LogP contribution in [0.1, 0.15) is 105 Å². The molecule has 5 heterocycles. The van der Waals surface area contributed by atoms with Crippen LogP contribution in [0.4, 0.5) is 34.1 Å². The number of ether oxygens (including phenoxy) is 1. The van der Waals surface area contributed by atoms with Gasteiger partial charge in [0.15, 0.2) is 0 Å². The summed E-state index contributed by atoms with van der Waals surface area (Å²) in [5.41, 5.74) is 12.4. The van der Waals surface area contributed by atoms with Crippen LogP contribution in [0, 0.1) is 0 Å². The van der Waals surface area contributed by atoms with Crippen molar-refractivity contribution in [1.29, 1.82) is 0 Å². The standard InChI is InChI=1S/C58H58N3O.C6H2Cl4O2.Bi/c1-55(2,3)38-21-25-42(26-22-38)59-44-29-40(57(7,8)9)31-49(36-44)62-50-32-41(58(10,11)12)30-45(37-50)60(43-27-23-39(24-28-43)56(4,5)6)47-33-46(59)34-48(35-47)61-53-19-15-13-17-51(53)52-18-14-16-20-54(52)61;7-1-2(8)4(10)6(12)5(11)3(1)9;/h13-32,34-35H,1-12H3;11-12H;/q;;+2/p-2. The van der Waals surface area contributed by atoms with Gasteiger partial charge in [-0.15, -0.1) is 0 Å². The summed E-state index contributed by atoms with van der Waals surface area (Å²) in [7, 11) is 0. The third-order valence-corrected chi connectivity index (χ3v) is 36.5. The van der Waals surface area contributed by atoms with E-state index in [0.29, 0.717) is 11.5 Å². The molecule has 75 heavy (non-hydrogen) atoms. The summed E-state index contributed by atoms with van der Waals surface area (Å²) in [4.78, 5) is 4.84. The first kappa shape index (κ1) is 49.2. The molecule has 0 saturated carbocycles. The average molecular weight is 1270 g/mol. The van der Waals surface area contributed by atoms with Gasteiger partial charge in [0.1, 0.15) is 0 Å². The molecule has 0 unspecified atom stereocenters. The van der Waals surface area contributed by atoms with Crippen molar-refractivity contribution in [2.24, 2.45) is 0 Å². The number of anilines is 6. The first-order chi connectivity index (χ1) is 35.3. The van der Waals surface area contributed by atoms with Gasteiger partial charge in [-0.3, -0.25) is 0 Å². The number of rotatable bonds is 3. The van der Waals surface area contributed by atoms with Crippen molar-refractivity contribution in [3.8, 4) is 28.7 Å². The summed E-state index contributed by atoms with van der Waals surface area (Å²) in [6.07, 6.45) is 0. The van der Waals surface area contributed by atoms with Gasteiger partial charge in [-0.1, -0.05) is 0 Å². The second-order valence-electron chi connectivity index (χ2n) is 24.8. The number of aromatic nitrogens is 1. The molecule has 1 aromatic heterocycles. The van der Waals surface area contributed by atoms with Gasteiger partial charge in [0, 0.05) is 0 Å². The van der Waals surface area contributed by atoms with Crippen LogP contribution in [0.25, 0.3) is 27.5 Å². The fourth-order valence-electron chi connectivity index (χ4n) is 11.9. The van der Waals surface area contributed by atoms with Crippen LogP contribution in [0.3, 0.4) is 0 Å². The molecule has 6 nitrogen and oxygen atoms in total. The molecule has 1 spiro atoms. The van der Waals surface area contributed by atoms with Crippen molar-refractivity contribution in [2.75, 3.05) is 9.80 Å². The summed E-state index contributed by atoms with van der Waals surface area (Å²) in [5.74, 6) is 1.87. The Kier molecular flexibility index (Phi) is 10.4. The van der Waals surface area contributed by atoms with E-state index in [1.165, 1.54) is 11.1 Å². The topological polar surface area (TPSA) is 39.1 Å². The second-order valence-corrected chi connectivity index (χ2v) is 40.4. The Morgan fingerprint density at radius 2 is 0.733 bits per heavy atom. The second kappa shape index (κ2) is 15.9. The monoisotopic (exact) mass is 1270 g/mol. The first-order valence-electron chi connectivity index (χ1n) is 25.6. The van der Waals surface area contributed by atoms with Crippen LogP contribution in [0.2, 0.25) is 20.1 Å². The molecule has 0 N–H and O–H groups in total. The molecule has 4 aliphatic heterocycles. The Labute approximate surface area is 462 Å². The van der Waals surface area contributed by atoms with Crippen molar-refractivity contribution in [3.63, 3.8) is 0 Å². The maximum atomic E-state index is 8.26. The minimum atomic E-state index is -6.68. The Hall–Kier alpha value is -5.40. The van der Waals surface area contributed by atoms with E-state index in [1.807, 2.05) is 0 Å². The van der Waals surface area contributed by atoms with Gasteiger partial charge in [-0.2, -0.15) is 0 Å². The van der Waals surface area contributed by atoms with Crippen LogP contribution in [-0.2, 0) is 21.7 Å². The summed E-state index contributed by atoms with van der Waals surface area (Å²) < 4.78 is 29.2. The van der Waals surface area contributed by atoms with E-state index >= 15 is 0 Å². The van der Waals surface area contributed by atoms with Gasteiger partial charge < -0.3 is 0 Å². The zero-order chi connectivity index (χ0) is 52.9. The molecule has 0 saturated heterocycles. The fraction of sp³-hybridized carbons (Fsp3) is 0.250. The zero-order valence-electron chi connectivity index (χ0n) is 44.2. The van der Waals surface area contributed by atoms with Crippen molar-refractivity contribution < 1.29 is 10.4 Å². The maximum absolute atomic E-state index is 8.26. The van der Waals surface area contributed by atoms with Gasteiger partial charge >= 0.3 is 466 Å². The van der Waals surface area contributed by atoms with E-state index in [4.69, 9.17) is 56.8 Å². The molecule has 8 aromatic carbocycles. The summed E-state index contributed by atoms with van der Waals surface area (Å²) in [6, 6.07) is 49.1. The number of fused-ring (bicyclic) bond motifs is 4. The summed E-state index contributed by atoms with van der Waals surface area (Å²) in [5, 5.41) is 2.80. The first-order valence-corrected chi connectivity index (χ1v) is 35.2. The quantitative estimate of drug-likeness (QED) is 0.100. The van der Waals surface area contributed by atoms with E-state index in [1.54, 1.807) is 0 Å². The van der Waals surface area contributed by atoms with E-state index in [9.17, 15) is 0 Å². The number of halogens is 4. The van der Waals surface area contributed by atoms with Crippen molar-refractivity contribution in [1.82, 2.24) is 4.57 Å². The van der Waals surface area contributed by atoms with Crippen molar-refractivity contribution in [2.45, 2.75) is 105 Å². The fourth-order valence-corrected chi connectivity index (χ4v) is 35.2. The number of hydrogen-bond acceptors (Lipinski definition) is 5. The molecule has 0 atom stereocenters. The van der Waals surface area contributed by atoms with E-state index in [2.05, 4.69) is 231 Å². The van der Waals surface area contributed by atoms with E-state index in [0.717, 1.165) is 82.6 Å². The van der Waals surface area contributed by atoms with E-state index in [-0.39, 0.29) is 53.2 Å². The molecule has 0 aliphatic carbocycles. The van der Waals surface area contributed by atoms with Crippen LogP contribution >= 0.6 is 46.4 Å². The van der Waals surface area contributed by atoms with Gasteiger partial charge in [-0.05, 0) is 0 Å². The van der Waals surface area contributed by atoms with E-state index < -0.39 is 19.7 Å². The average Bonchev–Trinajstić information content (AvgIpc) is 4.01. The Balaban J connectivity index is 1.29. The molecule has 0 bridgehead atoms. The third-order valence-electron chi connectivity index (χ3n) is 15.8. The SMILES string of the molecule is CC(C)(C)c1ccc(N2c3cc(C(C)(C)C)cc4[c]3[Bi]35([O]c6c(Cl)c(Cl)c(Cl)c(Cl)c6[O]3)[c]3c(cc(C(C)(C)C)cc3N(c3ccc(C(C)(C)C)cc3)c3cc(-n6c7ccccc7c7ccccc76)cc2[c]35)O4)cc1. The zero-order valence-corrected chi connectivity index (χ0v) is 50.7. The van der Waals surface area contributed by atoms with Crippen molar-refractivity contribution >= 4 is 132 Å². The van der Waals surface area contributed by atoms with Crippen LogP contribution in [0.5, 0.6) is 23.0 Å². The normalized spacial score (nSPS) is 16.3. The number of nitrogens with zero attached hydrogens (tertiary/aromatic N) is 3. The Morgan fingerprint density at radius 3 is 1.11 bits per heavy atom. The predicted octanol–water partition coefficient (Wildman–Crippen LogP) is 18.1. The Bertz CT molecular complexity index is 3740. The van der Waals surface area contributed by atoms with Gasteiger partial charge in [0.05, 0.1) is 0 Å². The van der Waals surface area contributed by atoms with Crippen molar-refractivity contribution in [3.05, 3.63) is 176 Å². The molecular weight excluding hydrogens is 1210 g/mol. The molecule has 0 fully saturated rings. The molecule has 4 aliphatic rings. The van der Waals surface area contributed by atoms with Crippen LogP contribution < -0.4 is 30.0 Å². The Morgan fingerprint density at radius 1 is 0.373 bits per heavy atom. The molecule has 13 rings (SSSR count). The molecule has 9 aromatic rings.